The summed E-state index contributed by atoms with van der Waals surface area (Å²) in [5, 5.41) is 5.76. The van der Waals surface area contributed by atoms with Gasteiger partial charge in [-0.1, -0.05) is 66.2 Å². The molecule has 4 heteroatoms. The molecule has 146 valence electrons. The third-order valence-electron chi connectivity index (χ3n) is 5.03. The number of hydrogen-bond donors (Lipinski definition) is 1. The summed E-state index contributed by atoms with van der Waals surface area (Å²) in [6.45, 7) is 7.55. The standard InChI is InChI=1S/C24H28N2OS/c1-4-26(5-2)24(27)23(19-10-7-6-8-11-19)25-22(21-12-9-17-28-21)20-15-13-18(3)14-16-20/h6-17,22-23,25H,4-5H2,1-3H3/t22-,23+/m0/s1. The maximum absolute atomic E-state index is 13.4. The molecule has 0 unspecified atom stereocenters. The zero-order valence-electron chi connectivity index (χ0n) is 16.8. The predicted octanol–water partition coefficient (Wildman–Crippen LogP) is 5.35. The van der Waals surface area contributed by atoms with Crippen molar-refractivity contribution in [2.45, 2.75) is 32.9 Å². The lowest BCUT2D eigenvalue weighted by Crippen LogP contribution is -2.42. The van der Waals surface area contributed by atoms with Gasteiger partial charge in [-0.25, -0.2) is 0 Å². The molecule has 0 saturated carbocycles. The first-order valence-corrected chi connectivity index (χ1v) is 10.7. The molecule has 28 heavy (non-hydrogen) atoms. The summed E-state index contributed by atoms with van der Waals surface area (Å²) >= 11 is 1.71. The highest BCUT2D eigenvalue weighted by Crippen LogP contribution is 2.30. The lowest BCUT2D eigenvalue weighted by atomic mass is 9.99. The van der Waals surface area contributed by atoms with E-state index in [1.807, 2.05) is 49.1 Å². The Morgan fingerprint density at radius 2 is 1.61 bits per heavy atom. The van der Waals surface area contributed by atoms with Crippen molar-refractivity contribution in [2.75, 3.05) is 13.1 Å². The quantitative estimate of drug-likeness (QED) is 0.561. The molecule has 0 aliphatic heterocycles. The number of rotatable bonds is 8. The zero-order valence-corrected chi connectivity index (χ0v) is 17.6. The highest BCUT2D eigenvalue weighted by Gasteiger charge is 2.28. The van der Waals surface area contributed by atoms with Crippen LogP contribution in [0.25, 0.3) is 0 Å². The van der Waals surface area contributed by atoms with Crippen LogP contribution < -0.4 is 5.32 Å². The Balaban J connectivity index is 2.00. The summed E-state index contributed by atoms with van der Waals surface area (Å²) in [6.07, 6.45) is 0. The van der Waals surface area contributed by atoms with Gasteiger partial charge in [0.25, 0.3) is 0 Å². The van der Waals surface area contributed by atoms with Gasteiger partial charge in [-0.3, -0.25) is 10.1 Å². The summed E-state index contributed by atoms with van der Waals surface area (Å²) in [5.74, 6) is 0.116. The minimum Gasteiger partial charge on any atom is -0.342 e. The molecule has 2 aromatic carbocycles. The molecular formula is C24H28N2OS. The maximum atomic E-state index is 13.4. The number of aryl methyl sites for hydroxylation is 1. The number of thiophene rings is 1. The molecule has 1 aromatic heterocycles. The summed E-state index contributed by atoms with van der Waals surface area (Å²) < 4.78 is 0. The van der Waals surface area contributed by atoms with Gasteiger partial charge in [-0.2, -0.15) is 0 Å². The van der Waals surface area contributed by atoms with Crippen molar-refractivity contribution in [3.8, 4) is 0 Å². The monoisotopic (exact) mass is 392 g/mol. The van der Waals surface area contributed by atoms with E-state index in [2.05, 4.69) is 54.0 Å². The van der Waals surface area contributed by atoms with Crippen LogP contribution in [0.5, 0.6) is 0 Å². The van der Waals surface area contributed by atoms with E-state index in [0.29, 0.717) is 13.1 Å². The van der Waals surface area contributed by atoms with E-state index in [-0.39, 0.29) is 11.9 Å². The molecule has 0 radical (unpaired) electrons. The van der Waals surface area contributed by atoms with E-state index in [4.69, 9.17) is 0 Å². The maximum Gasteiger partial charge on any atom is 0.244 e. The second-order valence-electron chi connectivity index (χ2n) is 6.88. The highest BCUT2D eigenvalue weighted by atomic mass is 32.1. The molecule has 0 saturated heterocycles. The summed E-state index contributed by atoms with van der Waals surface area (Å²) in [6, 6.07) is 22.3. The SMILES string of the molecule is CCN(CC)C(=O)[C@H](N[C@@H](c1ccc(C)cc1)c1cccs1)c1ccccc1. The first-order valence-electron chi connectivity index (χ1n) is 9.83. The minimum atomic E-state index is -0.394. The highest BCUT2D eigenvalue weighted by molar-refractivity contribution is 7.10. The fraction of sp³-hybridized carbons (Fsp3) is 0.292. The van der Waals surface area contributed by atoms with Crippen molar-refractivity contribution >= 4 is 17.2 Å². The van der Waals surface area contributed by atoms with Crippen LogP contribution in [0.2, 0.25) is 0 Å². The molecule has 2 atom stereocenters. The molecule has 0 spiro atoms. The largest absolute Gasteiger partial charge is 0.342 e. The third kappa shape index (κ3) is 4.70. The molecule has 1 amide bonds. The van der Waals surface area contributed by atoms with Crippen molar-refractivity contribution in [1.82, 2.24) is 10.2 Å². The van der Waals surface area contributed by atoms with E-state index >= 15 is 0 Å². The van der Waals surface area contributed by atoms with Gasteiger partial charge in [-0.15, -0.1) is 11.3 Å². The van der Waals surface area contributed by atoms with Crippen LogP contribution in [0.1, 0.15) is 47.5 Å². The minimum absolute atomic E-state index is 0.0367. The molecule has 0 aliphatic rings. The number of amides is 1. The Kier molecular flexibility index (Phi) is 7.01. The molecule has 3 nitrogen and oxygen atoms in total. The fourth-order valence-electron chi connectivity index (χ4n) is 3.40. The van der Waals surface area contributed by atoms with E-state index in [1.54, 1.807) is 11.3 Å². The third-order valence-corrected chi connectivity index (χ3v) is 5.96. The van der Waals surface area contributed by atoms with Crippen molar-refractivity contribution in [3.05, 3.63) is 93.7 Å². The van der Waals surface area contributed by atoms with Gasteiger partial charge in [0.05, 0.1) is 6.04 Å². The van der Waals surface area contributed by atoms with Crippen LogP contribution >= 0.6 is 11.3 Å². The normalized spacial score (nSPS) is 13.1. The van der Waals surface area contributed by atoms with Gasteiger partial charge in [0.1, 0.15) is 6.04 Å². The first-order chi connectivity index (χ1) is 13.6. The fourth-order valence-corrected chi connectivity index (χ4v) is 4.21. The van der Waals surface area contributed by atoms with E-state index in [9.17, 15) is 4.79 Å². The Hall–Kier alpha value is -2.43. The Morgan fingerprint density at radius 1 is 0.929 bits per heavy atom. The zero-order chi connectivity index (χ0) is 19.9. The Bertz CT molecular complexity index is 855. The van der Waals surface area contributed by atoms with Crippen molar-refractivity contribution < 1.29 is 4.79 Å². The van der Waals surface area contributed by atoms with Crippen LogP contribution in [-0.2, 0) is 4.79 Å². The van der Waals surface area contributed by atoms with E-state index in [1.165, 1.54) is 16.0 Å². The van der Waals surface area contributed by atoms with Gasteiger partial charge in [0.15, 0.2) is 0 Å². The number of likely N-dealkylation sites (N-methyl/N-ethyl adjacent to an activating group) is 1. The molecule has 0 aliphatic carbocycles. The van der Waals surface area contributed by atoms with Crippen LogP contribution in [-0.4, -0.2) is 23.9 Å². The van der Waals surface area contributed by atoms with Crippen molar-refractivity contribution in [3.63, 3.8) is 0 Å². The second-order valence-corrected chi connectivity index (χ2v) is 7.86. The average molecular weight is 393 g/mol. The van der Waals surface area contributed by atoms with Gasteiger partial charge >= 0.3 is 0 Å². The number of hydrogen-bond acceptors (Lipinski definition) is 3. The van der Waals surface area contributed by atoms with Gasteiger partial charge in [0, 0.05) is 18.0 Å². The summed E-state index contributed by atoms with van der Waals surface area (Å²) in [5.41, 5.74) is 3.39. The molecule has 3 rings (SSSR count). The van der Waals surface area contributed by atoms with Crippen molar-refractivity contribution in [2.24, 2.45) is 0 Å². The number of nitrogens with zero attached hydrogens (tertiary/aromatic N) is 1. The molecule has 1 N–H and O–H groups in total. The van der Waals surface area contributed by atoms with E-state index in [0.717, 1.165) is 5.56 Å². The van der Waals surface area contributed by atoms with Crippen LogP contribution in [0.15, 0.2) is 72.1 Å². The summed E-state index contributed by atoms with van der Waals surface area (Å²) in [4.78, 5) is 16.5. The summed E-state index contributed by atoms with van der Waals surface area (Å²) in [7, 11) is 0. The Morgan fingerprint density at radius 3 is 2.18 bits per heavy atom. The number of nitrogens with one attached hydrogen (secondary N) is 1. The van der Waals surface area contributed by atoms with Crippen LogP contribution in [0, 0.1) is 6.92 Å². The average Bonchev–Trinajstić information content (AvgIpc) is 3.26. The molecule has 1 heterocycles. The van der Waals surface area contributed by atoms with Gasteiger partial charge in [0.2, 0.25) is 5.91 Å². The number of carbonyl (C=O) groups is 1. The molecular weight excluding hydrogens is 364 g/mol. The van der Waals surface area contributed by atoms with E-state index < -0.39 is 6.04 Å². The second kappa shape index (κ2) is 9.67. The van der Waals surface area contributed by atoms with Gasteiger partial charge in [-0.05, 0) is 43.3 Å². The molecule has 0 fully saturated rings. The molecule has 0 bridgehead atoms. The number of carbonyl (C=O) groups excluding carboxylic acids is 1. The Labute approximate surface area is 172 Å². The molecule has 3 aromatic rings. The van der Waals surface area contributed by atoms with Crippen LogP contribution in [0.4, 0.5) is 0 Å². The van der Waals surface area contributed by atoms with Crippen molar-refractivity contribution in [1.29, 1.82) is 0 Å². The predicted molar refractivity (Wildman–Crippen MR) is 118 cm³/mol. The lowest BCUT2D eigenvalue weighted by molar-refractivity contribution is -0.133. The topological polar surface area (TPSA) is 32.3 Å². The van der Waals surface area contributed by atoms with Crippen LogP contribution in [0.3, 0.4) is 0 Å². The first kappa shape index (κ1) is 20.3. The number of benzene rings is 2. The van der Waals surface area contributed by atoms with Gasteiger partial charge < -0.3 is 4.90 Å². The smallest absolute Gasteiger partial charge is 0.244 e. The lowest BCUT2D eigenvalue weighted by Gasteiger charge is -2.30.